The van der Waals surface area contributed by atoms with Gasteiger partial charge >= 0.3 is 6.03 Å². The molecular weight excluding hydrogens is 567 g/mol. The Morgan fingerprint density at radius 1 is 1.05 bits per heavy atom. The van der Waals surface area contributed by atoms with E-state index in [0.29, 0.717) is 53.5 Å². The van der Waals surface area contributed by atoms with Gasteiger partial charge in [0.05, 0.1) is 21.3 Å². The fourth-order valence-electron chi connectivity index (χ4n) is 4.51. The number of hydrogen-bond donors (Lipinski definition) is 3. The van der Waals surface area contributed by atoms with Crippen molar-refractivity contribution >= 4 is 45.1 Å². The van der Waals surface area contributed by atoms with Crippen molar-refractivity contribution in [3.05, 3.63) is 48.5 Å². The molecule has 4 amide bonds. The first kappa shape index (κ1) is 27.5. The summed E-state index contributed by atoms with van der Waals surface area (Å²) < 4.78 is 22.9. The van der Waals surface area contributed by atoms with Crippen molar-refractivity contribution in [2.75, 3.05) is 38.1 Å². The second-order valence-electron chi connectivity index (χ2n) is 9.98. The molecule has 1 aliphatic carbocycles. The van der Waals surface area contributed by atoms with Crippen LogP contribution in [0, 0.1) is 5.82 Å². The van der Waals surface area contributed by atoms with Crippen LogP contribution in [0.3, 0.4) is 0 Å². The van der Waals surface area contributed by atoms with Crippen LogP contribution in [0.4, 0.5) is 14.9 Å². The lowest BCUT2D eigenvalue weighted by atomic mass is 10.3. The Balaban J connectivity index is 1.11. The number of piperazine rings is 1. The van der Waals surface area contributed by atoms with E-state index in [1.54, 1.807) is 29.4 Å². The highest BCUT2D eigenvalue weighted by molar-refractivity contribution is 7.22. The van der Waals surface area contributed by atoms with Crippen molar-refractivity contribution in [2.24, 2.45) is 0 Å². The van der Waals surface area contributed by atoms with Crippen LogP contribution < -0.4 is 15.4 Å². The maximum absolute atomic E-state index is 14.9. The minimum Gasteiger partial charge on any atom is -0.453 e. The number of nitrogens with zero attached hydrogens (tertiary/aromatic N) is 6. The Labute approximate surface area is 242 Å². The Morgan fingerprint density at radius 2 is 1.81 bits per heavy atom. The van der Waals surface area contributed by atoms with Gasteiger partial charge in [-0.2, -0.15) is 0 Å². The molecule has 0 spiro atoms. The summed E-state index contributed by atoms with van der Waals surface area (Å²) in [5.41, 5.74) is 1.49. The quantitative estimate of drug-likeness (QED) is 0.281. The number of thiophene rings is 1. The average Bonchev–Trinajstić information content (AvgIpc) is 3.48. The number of amides is 4. The van der Waals surface area contributed by atoms with Crippen LogP contribution in [0.25, 0.3) is 20.8 Å². The van der Waals surface area contributed by atoms with Gasteiger partial charge in [0.1, 0.15) is 24.6 Å². The first-order chi connectivity index (χ1) is 20.4. The lowest BCUT2D eigenvalue weighted by Gasteiger charge is -2.34. The molecular formula is C27H27FN8O5S. The zero-order valence-corrected chi connectivity index (χ0v) is 23.1. The third kappa shape index (κ3) is 6.16. The van der Waals surface area contributed by atoms with E-state index in [2.05, 4.69) is 25.9 Å². The fraction of sp³-hybridized carbons (Fsp3) is 0.333. The number of urea groups is 1. The highest BCUT2D eigenvalue weighted by Crippen LogP contribution is 2.39. The molecule has 15 heteroatoms. The van der Waals surface area contributed by atoms with Crippen LogP contribution in [0.5, 0.6) is 11.5 Å². The Hall–Kier alpha value is -4.63. The molecule has 2 aliphatic rings. The largest absolute Gasteiger partial charge is 0.453 e. The van der Waals surface area contributed by atoms with Gasteiger partial charge in [0.25, 0.3) is 0 Å². The molecule has 2 fully saturated rings. The maximum Gasteiger partial charge on any atom is 0.319 e. The number of benzene rings is 1. The van der Waals surface area contributed by atoms with Gasteiger partial charge in [-0.05, 0) is 31.0 Å². The van der Waals surface area contributed by atoms with Crippen LogP contribution in [0.15, 0.2) is 42.7 Å². The lowest BCUT2D eigenvalue weighted by Crippen LogP contribution is -2.51. The molecule has 42 heavy (non-hydrogen) atoms. The zero-order valence-electron chi connectivity index (χ0n) is 22.3. The molecule has 0 radical (unpaired) electrons. The van der Waals surface area contributed by atoms with Gasteiger partial charge in [-0.25, -0.2) is 13.9 Å². The molecule has 0 bridgehead atoms. The number of nitrogens with one attached hydrogen (secondary N) is 2. The number of hydrogen-bond acceptors (Lipinski definition) is 9. The van der Waals surface area contributed by atoms with Gasteiger partial charge in [0, 0.05) is 56.2 Å². The molecule has 1 aromatic carbocycles. The highest BCUT2D eigenvalue weighted by atomic mass is 32.1. The molecule has 3 aromatic heterocycles. The SMILES string of the molecule is O=C(Nc1ccc(Oc2ccnc3cc(-c4cn(CC(=O)N5CCN(C(=O)CO)CC5)nn4)sc23)c(F)c1)NC1CC1. The van der Waals surface area contributed by atoms with Gasteiger partial charge in [-0.1, -0.05) is 5.21 Å². The third-order valence-electron chi connectivity index (χ3n) is 6.91. The minimum atomic E-state index is -0.630. The second-order valence-corrected chi connectivity index (χ2v) is 11.0. The summed E-state index contributed by atoms with van der Waals surface area (Å²) in [6.07, 6.45) is 5.13. The predicted molar refractivity (Wildman–Crippen MR) is 151 cm³/mol. The molecule has 0 atom stereocenters. The Morgan fingerprint density at radius 3 is 2.52 bits per heavy atom. The number of anilines is 1. The van der Waals surface area contributed by atoms with Gasteiger partial charge in [-0.15, -0.1) is 16.4 Å². The normalized spacial score (nSPS) is 15.1. The van der Waals surface area contributed by atoms with E-state index >= 15 is 0 Å². The molecule has 4 aromatic rings. The summed E-state index contributed by atoms with van der Waals surface area (Å²) >= 11 is 1.35. The maximum atomic E-state index is 14.9. The number of aromatic nitrogens is 4. The average molecular weight is 595 g/mol. The molecule has 3 N–H and O–H groups in total. The number of fused-ring (bicyclic) bond motifs is 1. The highest BCUT2D eigenvalue weighted by Gasteiger charge is 2.25. The number of carbonyl (C=O) groups is 3. The number of rotatable bonds is 8. The van der Waals surface area contributed by atoms with E-state index in [9.17, 15) is 18.8 Å². The zero-order chi connectivity index (χ0) is 29.2. The number of ether oxygens (including phenoxy) is 1. The van der Waals surface area contributed by atoms with Crippen molar-refractivity contribution in [3.63, 3.8) is 0 Å². The number of carbonyl (C=O) groups excluding carboxylic acids is 3. The summed E-state index contributed by atoms with van der Waals surface area (Å²) in [5, 5.41) is 22.7. The summed E-state index contributed by atoms with van der Waals surface area (Å²) in [5.74, 6) is -0.724. The van der Waals surface area contributed by atoms with Crippen LogP contribution in [0.1, 0.15) is 12.8 Å². The molecule has 13 nitrogen and oxygen atoms in total. The topological polar surface area (TPSA) is 155 Å². The van der Waals surface area contributed by atoms with Crippen molar-refractivity contribution in [1.82, 2.24) is 35.1 Å². The van der Waals surface area contributed by atoms with E-state index in [0.717, 1.165) is 17.7 Å². The summed E-state index contributed by atoms with van der Waals surface area (Å²) in [7, 11) is 0. The molecule has 218 valence electrons. The van der Waals surface area contributed by atoms with Crippen LogP contribution >= 0.6 is 11.3 Å². The van der Waals surface area contributed by atoms with Crippen molar-refractivity contribution in [3.8, 4) is 22.1 Å². The first-order valence-electron chi connectivity index (χ1n) is 13.4. The minimum absolute atomic E-state index is 0.00313. The molecule has 6 rings (SSSR count). The number of halogens is 1. The predicted octanol–water partition coefficient (Wildman–Crippen LogP) is 2.43. The summed E-state index contributed by atoms with van der Waals surface area (Å²) in [6, 6.07) is 7.50. The smallest absolute Gasteiger partial charge is 0.319 e. The van der Waals surface area contributed by atoms with E-state index in [-0.39, 0.29) is 36.2 Å². The van der Waals surface area contributed by atoms with Crippen molar-refractivity contribution < 1.29 is 28.6 Å². The molecule has 1 saturated carbocycles. The van der Waals surface area contributed by atoms with Gasteiger partial charge in [0.15, 0.2) is 11.6 Å². The molecule has 1 aliphatic heterocycles. The van der Waals surface area contributed by atoms with Gasteiger partial charge < -0.3 is 30.3 Å². The monoisotopic (exact) mass is 594 g/mol. The lowest BCUT2D eigenvalue weighted by molar-refractivity contribution is -0.141. The molecule has 1 saturated heterocycles. The molecule has 4 heterocycles. The van der Waals surface area contributed by atoms with Gasteiger partial charge in [-0.3, -0.25) is 14.6 Å². The third-order valence-corrected chi connectivity index (χ3v) is 8.07. The summed E-state index contributed by atoms with van der Waals surface area (Å²) in [4.78, 5) is 44.7. The van der Waals surface area contributed by atoms with Crippen LogP contribution in [0.2, 0.25) is 0 Å². The first-order valence-corrected chi connectivity index (χ1v) is 14.2. The van der Waals surface area contributed by atoms with Crippen LogP contribution in [-0.2, 0) is 16.1 Å². The van der Waals surface area contributed by atoms with E-state index in [1.165, 1.54) is 33.1 Å². The van der Waals surface area contributed by atoms with Crippen molar-refractivity contribution in [2.45, 2.75) is 25.4 Å². The van der Waals surface area contributed by atoms with E-state index in [4.69, 9.17) is 9.84 Å². The fourth-order valence-corrected chi connectivity index (χ4v) is 5.53. The standard InChI is InChI=1S/C27H27FN8O5S/c28-18-11-17(31-27(40)30-16-1-2-16)3-4-21(18)41-22-5-6-29-19-12-23(42-26(19)22)20-13-36(33-32-20)14-24(38)34-7-9-35(10-8-34)25(39)15-37/h3-6,11-13,16,37H,1-2,7-10,14-15H2,(H2,30,31,40). The van der Waals surface area contributed by atoms with E-state index < -0.39 is 12.4 Å². The van der Waals surface area contributed by atoms with Gasteiger partial charge in [0.2, 0.25) is 11.8 Å². The van der Waals surface area contributed by atoms with Crippen LogP contribution in [-0.4, -0.2) is 91.6 Å². The summed E-state index contributed by atoms with van der Waals surface area (Å²) in [6.45, 7) is 0.953. The molecule has 0 unspecified atom stereocenters. The Bertz CT molecular complexity index is 1650. The van der Waals surface area contributed by atoms with E-state index in [1.807, 2.05) is 6.07 Å². The Kier molecular flexibility index (Phi) is 7.67. The second kappa shape index (κ2) is 11.7. The number of aliphatic hydroxyl groups excluding tert-OH is 1. The number of aliphatic hydroxyl groups is 1. The van der Waals surface area contributed by atoms with Crippen molar-refractivity contribution in [1.29, 1.82) is 0 Å². The number of pyridine rings is 1.